The minimum absolute atomic E-state index is 0.814. The van der Waals surface area contributed by atoms with Crippen LogP contribution in [0.5, 0.6) is 0 Å². The number of hydrogen-bond donors (Lipinski definition) is 0. The molecule has 1 saturated heterocycles. The summed E-state index contributed by atoms with van der Waals surface area (Å²) in [6, 6.07) is 7.34. The molecule has 144 valence electrons. The molecule has 2 aliphatic rings. The van der Waals surface area contributed by atoms with Gasteiger partial charge in [0.05, 0.1) is 0 Å². The zero-order valence-corrected chi connectivity index (χ0v) is 18.8. The van der Waals surface area contributed by atoms with E-state index >= 15 is 0 Å². The molecule has 3 rings (SSSR count). The molecule has 6 heteroatoms. The zero-order valence-electron chi connectivity index (χ0n) is 15.6. The van der Waals surface area contributed by atoms with Crippen LogP contribution in [0.25, 0.3) is 0 Å². The number of allylic oxidation sites excluding steroid dienone is 2. The summed E-state index contributed by atoms with van der Waals surface area (Å²) < 4.78 is 1.88. The minimum Gasteiger partial charge on any atom is -0.441 e. The first-order valence-electron chi connectivity index (χ1n) is 8.52. The van der Waals surface area contributed by atoms with Gasteiger partial charge in [0.2, 0.25) is 0 Å². The number of halogens is 2. The molecular formula is C19H30Cl2N3Ru-. The summed E-state index contributed by atoms with van der Waals surface area (Å²) in [5, 5.41) is 0. The number of likely N-dealkylation sites (N-methyl/N-ethyl adjacent to an activating group) is 2. The third kappa shape index (κ3) is 9.96. The van der Waals surface area contributed by atoms with Crippen molar-refractivity contribution >= 4 is 24.0 Å². The molecule has 0 aromatic carbocycles. The van der Waals surface area contributed by atoms with E-state index in [4.69, 9.17) is 19.4 Å². The van der Waals surface area contributed by atoms with E-state index in [-0.39, 0.29) is 0 Å². The van der Waals surface area contributed by atoms with Crippen LogP contribution in [0.1, 0.15) is 39.5 Å². The number of aromatic nitrogens is 1. The topological polar surface area (TPSA) is 19.4 Å². The van der Waals surface area contributed by atoms with E-state index in [1.54, 1.807) is 12.4 Å². The van der Waals surface area contributed by atoms with Gasteiger partial charge in [0, 0.05) is 12.4 Å². The second-order valence-corrected chi connectivity index (χ2v) is 12.3. The average molecular weight is 472 g/mol. The van der Waals surface area contributed by atoms with Crippen molar-refractivity contribution in [3.63, 3.8) is 0 Å². The fourth-order valence-electron chi connectivity index (χ4n) is 2.98. The number of pyridine rings is 1. The van der Waals surface area contributed by atoms with Crippen LogP contribution in [-0.4, -0.2) is 45.6 Å². The van der Waals surface area contributed by atoms with Crippen LogP contribution in [0, 0.1) is 6.67 Å². The quantitative estimate of drug-likeness (QED) is 0.421. The minimum atomic E-state index is -1.52. The van der Waals surface area contributed by atoms with E-state index in [1.807, 2.05) is 42.7 Å². The van der Waals surface area contributed by atoms with Crippen LogP contribution >= 0.6 is 19.4 Å². The van der Waals surface area contributed by atoms with Gasteiger partial charge in [0.1, 0.15) is 0 Å². The van der Waals surface area contributed by atoms with Crippen LogP contribution in [0.3, 0.4) is 0 Å². The summed E-state index contributed by atoms with van der Waals surface area (Å²) >= 11 is -1.52. The predicted octanol–water partition coefficient (Wildman–Crippen LogP) is 5.06. The largest absolute Gasteiger partial charge is 0.441 e. The van der Waals surface area contributed by atoms with E-state index in [0.29, 0.717) is 0 Å². The molecule has 0 N–H and O–H groups in total. The summed E-state index contributed by atoms with van der Waals surface area (Å²) in [6.07, 6.45) is 11.1. The van der Waals surface area contributed by atoms with E-state index < -0.39 is 13.5 Å². The monoisotopic (exact) mass is 472 g/mol. The summed E-state index contributed by atoms with van der Waals surface area (Å²) in [5.74, 6) is 0. The van der Waals surface area contributed by atoms with E-state index in [2.05, 4.69) is 35.5 Å². The molecule has 1 saturated carbocycles. The SMILES string of the molecule is CC(C)=C[CH]=[Ru]([Cl])[Cl].CN1[CH-]N(C)C2CCCCC21.c1ccncc1. The van der Waals surface area contributed by atoms with Crippen molar-refractivity contribution in [1.82, 2.24) is 14.8 Å². The van der Waals surface area contributed by atoms with Gasteiger partial charge in [-0.15, -0.1) is 0 Å². The maximum Gasteiger partial charge on any atom is 0.0267 e. The Morgan fingerprint density at radius 1 is 1.04 bits per heavy atom. The van der Waals surface area contributed by atoms with Gasteiger partial charge in [-0.05, 0) is 51.2 Å². The number of nitrogens with zero attached hydrogens (tertiary/aromatic N) is 3. The second-order valence-electron chi connectivity index (χ2n) is 6.46. The van der Waals surface area contributed by atoms with Crippen LogP contribution in [0.4, 0.5) is 0 Å². The summed E-state index contributed by atoms with van der Waals surface area (Å²) in [5.41, 5.74) is 1.24. The standard InChI is InChI=1S/C9H17N2.C5H5N.C5H8.2ClH.Ru/c1-10-7-11(2)9-6-4-3-5-8(9)10;1-2-4-6-5-3-1;1-4-5(2)3;;;/h7-9H,3-6H2,1-2H3;1-5H;1,4H,2-3H3;2*1H;/q-1;;;;;+2/p-2. The van der Waals surface area contributed by atoms with Gasteiger partial charge in [-0.1, -0.05) is 18.9 Å². The summed E-state index contributed by atoms with van der Waals surface area (Å²) in [7, 11) is 15.5. The van der Waals surface area contributed by atoms with Crippen molar-refractivity contribution in [1.29, 1.82) is 0 Å². The third-order valence-electron chi connectivity index (χ3n) is 4.15. The molecule has 1 aliphatic heterocycles. The van der Waals surface area contributed by atoms with Crippen LogP contribution in [0.2, 0.25) is 0 Å². The number of fused-ring (bicyclic) bond motifs is 1. The summed E-state index contributed by atoms with van der Waals surface area (Å²) in [6.45, 7) is 6.28. The number of rotatable bonds is 1. The van der Waals surface area contributed by atoms with Crippen LogP contribution in [0.15, 0.2) is 42.2 Å². The zero-order chi connectivity index (χ0) is 18.7. The number of hydrogen-bond acceptors (Lipinski definition) is 3. The molecule has 0 bridgehead atoms. The molecule has 0 spiro atoms. The van der Waals surface area contributed by atoms with Crippen molar-refractivity contribution in [2.75, 3.05) is 14.1 Å². The Labute approximate surface area is 166 Å². The third-order valence-corrected chi connectivity index (χ3v) is 5.93. The first-order chi connectivity index (χ1) is 11.9. The van der Waals surface area contributed by atoms with Crippen LogP contribution in [-0.2, 0) is 13.5 Å². The fraction of sp³-hybridized carbons (Fsp3) is 0.526. The van der Waals surface area contributed by atoms with Gasteiger partial charge >= 0.3 is 63.0 Å². The molecule has 1 aromatic rings. The molecule has 2 fully saturated rings. The Morgan fingerprint density at radius 3 is 1.84 bits per heavy atom. The maximum absolute atomic E-state index is 5.53. The van der Waals surface area contributed by atoms with Gasteiger partial charge in [-0.2, -0.15) is 0 Å². The Balaban J connectivity index is 0.000000198. The first kappa shape index (κ1) is 22.9. The van der Waals surface area contributed by atoms with Crippen molar-refractivity contribution in [2.45, 2.75) is 51.6 Å². The van der Waals surface area contributed by atoms with E-state index in [9.17, 15) is 0 Å². The van der Waals surface area contributed by atoms with Crippen molar-refractivity contribution < 1.29 is 13.5 Å². The molecule has 1 aliphatic carbocycles. The predicted molar refractivity (Wildman–Crippen MR) is 107 cm³/mol. The molecule has 1 aromatic heterocycles. The van der Waals surface area contributed by atoms with E-state index in [1.165, 1.54) is 31.3 Å². The van der Waals surface area contributed by atoms with Crippen molar-refractivity contribution in [3.05, 3.63) is 48.9 Å². The Bertz CT molecular complexity index is 470. The molecule has 2 atom stereocenters. The van der Waals surface area contributed by atoms with Gasteiger partial charge in [0.15, 0.2) is 0 Å². The van der Waals surface area contributed by atoms with Gasteiger partial charge in [-0.3, -0.25) is 4.98 Å². The average Bonchev–Trinajstić information content (AvgIpc) is 2.91. The normalized spacial score (nSPS) is 23.2. The Kier molecular flexibility index (Phi) is 12.0. The summed E-state index contributed by atoms with van der Waals surface area (Å²) in [4.78, 5) is 8.54. The molecular weight excluding hydrogens is 442 g/mol. The molecule has 0 amide bonds. The maximum atomic E-state index is 5.53. The van der Waals surface area contributed by atoms with Gasteiger partial charge in [0.25, 0.3) is 0 Å². The van der Waals surface area contributed by atoms with Gasteiger partial charge < -0.3 is 9.80 Å². The smallest absolute Gasteiger partial charge is 0.0267 e. The van der Waals surface area contributed by atoms with Crippen molar-refractivity contribution in [2.24, 2.45) is 0 Å². The second kappa shape index (κ2) is 13.1. The molecule has 2 unspecified atom stereocenters. The Hall–Kier alpha value is -0.117. The van der Waals surface area contributed by atoms with E-state index in [0.717, 1.165) is 12.1 Å². The molecule has 25 heavy (non-hydrogen) atoms. The first-order valence-corrected chi connectivity index (χ1v) is 14.0. The van der Waals surface area contributed by atoms with Crippen molar-refractivity contribution in [3.8, 4) is 0 Å². The van der Waals surface area contributed by atoms with Gasteiger partial charge in [-0.25, -0.2) is 6.67 Å². The fourth-order valence-corrected chi connectivity index (χ4v) is 4.30. The molecule has 0 radical (unpaired) electrons. The Morgan fingerprint density at radius 2 is 1.56 bits per heavy atom. The molecule has 2 heterocycles. The molecule has 3 nitrogen and oxygen atoms in total. The van der Waals surface area contributed by atoms with Crippen LogP contribution < -0.4 is 0 Å².